The third-order valence-electron chi connectivity index (χ3n) is 6.62. The lowest BCUT2D eigenvalue weighted by Gasteiger charge is -2.34. The topological polar surface area (TPSA) is 118 Å². The first kappa shape index (κ1) is 23.0. The monoisotopic (exact) mass is 491 g/mol. The second kappa shape index (κ2) is 9.50. The zero-order valence-corrected chi connectivity index (χ0v) is 19.9. The Labute approximate surface area is 206 Å². The summed E-state index contributed by atoms with van der Waals surface area (Å²) in [6.07, 6.45) is 0.593. The van der Waals surface area contributed by atoms with Crippen LogP contribution in [0.5, 0.6) is 0 Å². The Morgan fingerprint density at radius 3 is 2.29 bits per heavy atom. The summed E-state index contributed by atoms with van der Waals surface area (Å²) >= 11 is 1.06. The summed E-state index contributed by atoms with van der Waals surface area (Å²) in [7, 11) is 0. The number of carboxylic acids is 1. The number of benzene rings is 2. The van der Waals surface area contributed by atoms with Crippen LogP contribution in [0.1, 0.15) is 50.3 Å². The number of aromatic nitrogens is 1. The highest BCUT2D eigenvalue weighted by molar-refractivity contribution is 7.13. The smallest absolute Gasteiger partial charge is 0.407 e. The molecule has 1 heterocycles. The normalized spacial score (nSPS) is 18.2. The maximum absolute atomic E-state index is 12.4. The second-order valence-corrected chi connectivity index (χ2v) is 9.96. The molecule has 2 amide bonds. The molecule has 2 aliphatic rings. The first-order valence-corrected chi connectivity index (χ1v) is 12.3. The quantitative estimate of drug-likeness (QED) is 0.458. The van der Waals surface area contributed by atoms with Crippen molar-refractivity contribution in [3.05, 3.63) is 75.2 Å². The molecule has 2 aliphatic carbocycles. The fraction of sp³-hybridized carbons (Fsp3) is 0.308. The van der Waals surface area contributed by atoms with Crippen LogP contribution in [0.2, 0.25) is 0 Å². The molecule has 1 fully saturated rings. The van der Waals surface area contributed by atoms with E-state index in [0.29, 0.717) is 23.5 Å². The minimum atomic E-state index is -1.02. The number of thiazole rings is 1. The van der Waals surface area contributed by atoms with Gasteiger partial charge in [0.05, 0.1) is 12.2 Å². The number of carbonyl (C=O) groups excluding carboxylic acids is 2. The molecule has 180 valence electrons. The largest absolute Gasteiger partial charge is 0.477 e. The van der Waals surface area contributed by atoms with E-state index in [4.69, 9.17) is 9.84 Å². The van der Waals surface area contributed by atoms with Crippen LogP contribution in [-0.4, -0.2) is 40.7 Å². The number of fused-ring (bicyclic) bond motifs is 3. The van der Waals surface area contributed by atoms with Gasteiger partial charge in [0, 0.05) is 17.9 Å². The van der Waals surface area contributed by atoms with E-state index >= 15 is 0 Å². The van der Waals surface area contributed by atoms with E-state index in [9.17, 15) is 14.4 Å². The number of carboxylic acid groups (broad SMARTS) is 1. The van der Waals surface area contributed by atoms with E-state index in [1.54, 1.807) is 6.92 Å². The molecule has 3 N–H and O–H groups in total. The fourth-order valence-electron chi connectivity index (χ4n) is 4.79. The average molecular weight is 492 g/mol. The Balaban J connectivity index is 1.07. The SMILES string of the molecule is Cc1nc(CNC(=O)C2CC(NC(=O)OCC3c4ccccc4-c4ccccc43)C2)sc1C(=O)O. The Bertz CT molecular complexity index is 1250. The highest BCUT2D eigenvalue weighted by Crippen LogP contribution is 2.44. The third kappa shape index (κ3) is 4.64. The van der Waals surface area contributed by atoms with Gasteiger partial charge in [-0.3, -0.25) is 4.79 Å². The molecule has 3 aromatic rings. The number of ether oxygens (including phenoxy) is 1. The molecule has 0 radical (unpaired) electrons. The molecule has 8 nitrogen and oxygen atoms in total. The lowest BCUT2D eigenvalue weighted by molar-refractivity contribution is -0.128. The second-order valence-electron chi connectivity index (χ2n) is 8.88. The number of rotatable bonds is 7. The van der Waals surface area contributed by atoms with Gasteiger partial charge in [-0.1, -0.05) is 48.5 Å². The van der Waals surface area contributed by atoms with Gasteiger partial charge in [0.1, 0.15) is 16.5 Å². The molecule has 0 atom stereocenters. The first-order chi connectivity index (χ1) is 16.9. The summed E-state index contributed by atoms with van der Waals surface area (Å²) in [5.41, 5.74) is 5.12. The van der Waals surface area contributed by atoms with Gasteiger partial charge in [-0.2, -0.15) is 0 Å². The number of aromatic carboxylic acids is 1. The summed E-state index contributed by atoms with van der Waals surface area (Å²) in [5.74, 6) is -1.34. The van der Waals surface area contributed by atoms with E-state index in [2.05, 4.69) is 39.9 Å². The van der Waals surface area contributed by atoms with Gasteiger partial charge in [0.2, 0.25) is 5.91 Å². The lowest BCUT2D eigenvalue weighted by atomic mass is 9.79. The van der Waals surface area contributed by atoms with Crippen LogP contribution in [0.25, 0.3) is 11.1 Å². The van der Waals surface area contributed by atoms with Crippen LogP contribution < -0.4 is 10.6 Å². The Hall–Kier alpha value is -3.72. The van der Waals surface area contributed by atoms with Crippen molar-refractivity contribution in [1.29, 1.82) is 0 Å². The molecule has 35 heavy (non-hydrogen) atoms. The van der Waals surface area contributed by atoms with Gasteiger partial charge in [-0.15, -0.1) is 11.3 Å². The van der Waals surface area contributed by atoms with Crippen molar-refractivity contribution >= 4 is 29.3 Å². The molecule has 9 heteroatoms. The van der Waals surface area contributed by atoms with Crippen molar-refractivity contribution in [3.63, 3.8) is 0 Å². The predicted molar refractivity (Wildman–Crippen MR) is 130 cm³/mol. The Kier molecular flexibility index (Phi) is 6.25. The molecule has 0 spiro atoms. The number of aryl methyl sites for hydroxylation is 1. The predicted octanol–water partition coefficient (Wildman–Crippen LogP) is 4.08. The van der Waals surface area contributed by atoms with E-state index < -0.39 is 12.1 Å². The highest BCUT2D eigenvalue weighted by Gasteiger charge is 2.36. The van der Waals surface area contributed by atoms with Crippen LogP contribution in [0, 0.1) is 12.8 Å². The van der Waals surface area contributed by atoms with E-state index in [1.807, 2.05) is 24.3 Å². The number of alkyl carbamates (subject to hydrolysis) is 1. The summed E-state index contributed by atoms with van der Waals surface area (Å²) in [6.45, 7) is 2.08. The summed E-state index contributed by atoms with van der Waals surface area (Å²) in [6, 6.07) is 16.2. The average Bonchev–Trinajstić information content (AvgIpc) is 3.36. The van der Waals surface area contributed by atoms with Gasteiger partial charge in [0.15, 0.2) is 0 Å². The molecule has 0 bridgehead atoms. The number of nitrogens with one attached hydrogen (secondary N) is 2. The van der Waals surface area contributed by atoms with Crippen molar-refractivity contribution in [2.75, 3.05) is 6.61 Å². The fourth-order valence-corrected chi connectivity index (χ4v) is 5.63. The van der Waals surface area contributed by atoms with Crippen molar-refractivity contribution in [2.45, 2.75) is 38.3 Å². The van der Waals surface area contributed by atoms with Crippen LogP contribution in [0.3, 0.4) is 0 Å². The highest BCUT2D eigenvalue weighted by atomic mass is 32.1. The molecule has 0 aliphatic heterocycles. The van der Waals surface area contributed by atoms with Crippen molar-refractivity contribution in [3.8, 4) is 11.1 Å². The van der Waals surface area contributed by atoms with E-state index in [1.165, 1.54) is 11.1 Å². The molecule has 2 aromatic carbocycles. The Morgan fingerprint density at radius 2 is 1.69 bits per heavy atom. The number of carbonyl (C=O) groups is 3. The molecule has 0 unspecified atom stereocenters. The Morgan fingerprint density at radius 1 is 1.06 bits per heavy atom. The van der Waals surface area contributed by atoms with E-state index in [-0.39, 0.29) is 41.8 Å². The zero-order chi connectivity index (χ0) is 24.5. The molecule has 5 rings (SSSR count). The van der Waals surface area contributed by atoms with Gasteiger partial charge >= 0.3 is 12.1 Å². The van der Waals surface area contributed by atoms with Crippen LogP contribution in [0.4, 0.5) is 4.79 Å². The minimum absolute atomic E-state index is 0.00390. The number of nitrogens with zero attached hydrogens (tertiary/aromatic N) is 1. The van der Waals surface area contributed by atoms with Gasteiger partial charge in [-0.05, 0) is 42.0 Å². The lowest BCUT2D eigenvalue weighted by Crippen LogP contribution is -2.49. The number of hydrogen-bond acceptors (Lipinski definition) is 6. The standard InChI is InChI=1S/C26H25N3O5S/c1-14-23(25(31)32)35-22(28-14)12-27-24(30)15-10-16(11-15)29-26(33)34-13-21-19-8-4-2-6-17(19)18-7-3-5-9-20(18)21/h2-9,15-16,21H,10-13H2,1H3,(H,27,30)(H,29,33)(H,31,32). The number of amides is 2. The van der Waals surface area contributed by atoms with Gasteiger partial charge < -0.3 is 20.5 Å². The van der Waals surface area contributed by atoms with Crippen LogP contribution in [0.15, 0.2) is 48.5 Å². The minimum Gasteiger partial charge on any atom is -0.477 e. The molecule has 1 aromatic heterocycles. The van der Waals surface area contributed by atoms with Crippen LogP contribution >= 0.6 is 11.3 Å². The number of hydrogen-bond donors (Lipinski definition) is 3. The zero-order valence-electron chi connectivity index (χ0n) is 19.1. The first-order valence-electron chi connectivity index (χ1n) is 11.5. The van der Waals surface area contributed by atoms with Crippen molar-refractivity contribution in [1.82, 2.24) is 15.6 Å². The summed E-state index contributed by atoms with van der Waals surface area (Å²) in [5, 5.41) is 15.3. The summed E-state index contributed by atoms with van der Waals surface area (Å²) in [4.78, 5) is 40.3. The molecular weight excluding hydrogens is 466 g/mol. The van der Waals surface area contributed by atoms with Crippen molar-refractivity contribution in [2.24, 2.45) is 5.92 Å². The maximum Gasteiger partial charge on any atom is 0.407 e. The van der Waals surface area contributed by atoms with Gasteiger partial charge in [0.25, 0.3) is 0 Å². The maximum atomic E-state index is 12.4. The third-order valence-corrected chi connectivity index (χ3v) is 7.77. The van der Waals surface area contributed by atoms with Gasteiger partial charge in [-0.25, -0.2) is 14.6 Å². The van der Waals surface area contributed by atoms with Crippen LogP contribution in [-0.2, 0) is 16.1 Å². The van der Waals surface area contributed by atoms with Crippen molar-refractivity contribution < 1.29 is 24.2 Å². The summed E-state index contributed by atoms with van der Waals surface area (Å²) < 4.78 is 5.57. The molecule has 1 saturated carbocycles. The van der Waals surface area contributed by atoms with E-state index in [0.717, 1.165) is 22.5 Å². The molecule has 0 saturated heterocycles. The molecular formula is C26H25N3O5S.